The highest BCUT2D eigenvalue weighted by Crippen LogP contribution is 2.34. The predicted octanol–water partition coefficient (Wildman–Crippen LogP) is 2.18. The minimum Gasteiger partial charge on any atom is -0.383 e. The number of rotatable bonds is 4. The monoisotopic (exact) mass is 342 g/mol. The molecular formula is C18H19FN4O2. The molecule has 6 nitrogen and oxygen atoms in total. The molecule has 1 amide bonds. The van der Waals surface area contributed by atoms with Crippen LogP contribution < -0.4 is 5.73 Å². The number of hydrogen-bond acceptors (Lipinski definition) is 4. The highest BCUT2D eigenvalue weighted by Gasteiger charge is 2.41. The molecule has 130 valence electrons. The number of halogens is 1. The maximum atomic E-state index is 13.4. The van der Waals surface area contributed by atoms with E-state index in [4.69, 9.17) is 5.73 Å². The number of hydrogen-bond donors (Lipinski definition) is 1. The van der Waals surface area contributed by atoms with Crippen molar-refractivity contribution in [3.8, 4) is 5.69 Å². The fraction of sp³-hybridized carbons (Fsp3) is 0.389. The number of ketones is 1. The van der Waals surface area contributed by atoms with Crippen molar-refractivity contribution in [1.82, 2.24) is 14.7 Å². The average molecular weight is 342 g/mol. The van der Waals surface area contributed by atoms with Crippen LogP contribution in [0.3, 0.4) is 0 Å². The van der Waals surface area contributed by atoms with E-state index >= 15 is 0 Å². The highest BCUT2D eigenvalue weighted by atomic mass is 19.1. The highest BCUT2D eigenvalue weighted by molar-refractivity contribution is 6.05. The van der Waals surface area contributed by atoms with Crippen LogP contribution >= 0.6 is 0 Å². The van der Waals surface area contributed by atoms with E-state index in [0.717, 1.165) is 19.3 Å². The fourth-order valence-corrected chi connectivity index (χ4v) is 3.41. The van der Waals surface area contributed by atoms with E-state index in [1.165, 1.54) is 23.0 Å². The smallest absolute Gasteiger partial charge is 0.226 e. The molecule has 1 saturated heterocycles. The Hall–Kier alpha value is -2.70. The number of nitrogen functional groups attached to an aromatic ring is 1. The summed E-state index contributed by atoms with van der Waals surface area (Å²) in [5, 5.41) is 4.14. The molecule has 0 bridgehead atoms. The summed E-state index contributed by atoms with van der Waals surface area (Å²) in [5.74, 6) is -0.266. The number of carbonyl (C=O) groups excluding carboxylic acids is 2. The molecule has 2 fully saturated rings. The first-order valence-corrected chi connectivity index (χ1v) is 8.50. The molecule has 1 aliphatic carbocycles. The first-order valence-electron chi connectivity index (χ1n) is 8.50. The molecule has 7 heteroatoms. The number of Topliss-reactive ketones (excluding diaryl/α,β-unsaturated/α-hetero) is 1. The van der Waals surface area contributed by atoms with Crippen LogP contribution in [0.5, 0.6) is 0 Å². The molecule has 0 unspecified atom stereocenters. The van der Waals surface area contributed by atoms with E-state index in [2.05, 4.69) is 5.10 Å². The van der Waals surface area contributed by atoms with Crippen molar-refractivity contribution in [2.75, 3.05) is 12.3 Å². The third-order valence-electron chi connectivity index (χ3n) is 4.89. The molecule has 2 heterocycles. The summed E-state index contributed by atoms with van der Waals surface area (Å²) in [5.41, 5.74) is 6.84. The average Bonchev–Trinajstić information content (AvgIpc) is 3.21. The second-order valence-corrected chi connectivity index (χ2v) is 6.66. The standard InChI is InChI=1S/C18H19FN4O2/c19-12-3-1-4-13(9-12)23-17(20)14(10-21-23)16(24)15-5-2-8-22(15)18(25)11-6-7-11/h1,3-4,9-11,15H,2,5-8,20H2/t15-/m1/s1. The molecule has 25 heavy (non-hydrogen) atoms. The summed E-state index contributed by atoms with van der Waals surface area (Å²) in [6.45, 7) is 0.615. The maximum Gasteiger partial charge on any atom is 0.226 e. The number of anilines is 1. The van der Waals surface area contributed by atoms with Gasteiger partial charge in [-0.2, -0.15) is 5.10 Å². The molecule has 1 aromatic carbocycles. The third kappa shape index (κ3) is 2.79. The quantitative estimate of drug-likeness (QED) is 0.864. The van der Waals surface area contributed by atoms with Gasteiger partial charge in [0.05, 0.1) is 23.5 Å². The molecule has 1 saturated carbocycles. The number of carbonyl (C=O) groups is 2. The molecule has 2 N–H and O–H groups in total. The van der Waals surface area contributed by atoms with Crippen molar-refractivity contribution < 1.29 is 14.0 Å². The van der Waals surface area contributed by atoms with Crippen LogP contribution in [-0.2, 0) is 4.79 Å². The van der Waals surface area contributed by atoms with Crippen LogP contribution in [0.15, 0.2) is 30.5 Å². The van der Waals surface area contributed by atoms with Crippen molar-refractivity contribution in [3.05, 3.63) is 41.8 Å². The Morgan fingerprint density at radius 1 is 1.24 bits per heavy atom. The van der Waals surface area contributed by atoms with Crippen LogP contribution in [0.1, 0.15) is 36.0 Å². The van der Waals surface area contributed by atoms with Gasteiger partial charge in [-0.1, -0.05) is 6.07 Å². The van der Waals surface area contributed by atoms with E-state index in [9.17, 15) is 14.0 Å². The Morgan fingerprint density at radius 2 is 2.04 bits per heavy atom. The molecule has 2 aliphatic rings. The van der Waals surface area contributed by atoms with Crippen LogP contribution in [0.25, 0.3) is 5.69 Å². The molecule has 0 spiro atoms. The first-order chi connectivity index (χ1) is 12.1. The van der Waals surface area contributed by atoms with Crippen molar-refractivity contribution >= 4 is 17.5 Å². The van der Waals surface area contributed by atoms with Crippen LogP contribution in [0.2, 0.25) is 0 Å². The van der Waals surface area contributed by atoms with Gasteiger partial charge in [0, 0.05) is 12.5 Å². The van der Waals surface area contributed by atoms with Gasteiger partial charge in [0.25, 0.3) is 0 Å². The van der Waals surface area contributed by atoms with Gasteiger partial charge in [-0.05, 0) is 43.9 Å². The van der Waals surface area contributed by atoms with Gasteiger partial charge in [0.15, 0.2) is 5.78 Å². The van der Waals surface area contributed by atoms with E-state index < -0.39 is 11.9 Å². The van der Waals surface area contributed by atoms with Crippen molar-refractivity contribution in [1.29, 1.82) is 0 Å². The van der Waals surface area contributed by atoms with Crippen LogP contribution in [0, 0.1) is 11.7 Å². The minimum absolute atomic E-state index is 0.0759. The largest absolute Gasteiger partial charge is 0.383 e. The molecule has 0 radical (unpaired) electrons. The lowest BCUT2D eigenvalue weighted by atomic mass is 10.0. The third-order valence-corrected chi connectivity index (χ3v) is 4.89. The van der Waals surface area contributed by atoms with Gasteiger partial charge in [0.1, 0.15) is 11.6 Å². The van der Waals surface area contributed by atoms with Crippen molar-refractivity contribution in [3.63, 3.8) is 0 Å². The summed E-state index contributed by atoms with van der Waals surface area (Å²) in [6.07, 6.45) is 4.68. The number of benzene rings is 1. The van der Waals surface area contributed by atoms with Crippen LogP contribution in [-0.4, -0.2) is 39.0 Å². The summed E-state index contributed by atoms with van der Waals surface area (Å²) >= 11 is 0. The second kappa shape index (κ2) is 5.98. The Morgan fingerprint density at radius 3 is 2.76 bits per heavy atom. The molecule has 1 aliphatic heterocycles. The van der Waals surface area contributed by atoms with Gasteiger partial charge in [0.2, 0.25) is 5.91 Å². The zero-order chi connectivity index (χ0) is 17.6. The minimum atomic E-state index is -0.472. The first kappa shape index (κ1) is 15.8. The zero-order valence-electron chi connectivity index (χ0n) is 13.7. The summed E-state index contributed by atoms with van der Waals surface area (Å²) in [6, 6.07) is 5.38. The number of nitrogens with two attached hydrogens (primary N) is 1. The van der Waals surface area contributed by atoms with E-state index in [-0.39, 0.29) is 29.0 Å². The summed E-state index contributed by atoms with van der Waals surface area (Å²) < 4.78 is 14.8. The zero-order valence-corrected chi connectivity index (χ0v) is 13.7. The molecule has 1 aromatic heterocycles. The Kier molecular flexibility index (Phi) is 3.78. The maximum absolute atomic E-state index is 13.4. The Bertz CT molecular complexity index is 843. The number of aromatic nitrogens is 2. The van der Waals surface area contributed by atoms with Crippen molar-refractivity contribution in [2.45, 2.75) is 31.7 Å². The van der Waals surface area contributed by atoms with Gasteiger partial charge in [-0.15, -0.1) is 0 Å². The van der Waals surface area contributed by atoms with Gasteiger partial charge < -0.3 is 10.6 Å². The van der Waals surface area contributed by atoms with E-state index in [1.807, 2.05) is 0 Å². The van der Waals surface area contributed by atoms with Crippen LogP contribution in [0.4, 0.5) is 10.2 Å². The van der Waals surface area contributed by atoms with Gasteiger partial charge in [-0.25, -0.2) is 9.07 Å². The number of likely N-dealkylation sites (tertiary alicyclic amines) is 1. The molecule has 2 aromatic rings. The van der Waals surface area contributed by atoms with E-state index in [0.29, 0.717) is 18.7 Å². The molecular weight excluding hydrogens is 323 g/mol. The normalized spacial score (nSPS) is 20.0. The fourth-order valence-electron chi connectivity index (χ4n) is 3.41. The SMILES string of the molecule is Nc1c(C(=O)[C@H]2CCCN2C(=O)C2CC2)cnn1-c1cccc(F)c1. The molecule has 4 rings (SSSR count). The summed E-state index contributed by atoms with van der Waals surface area (Å²) in [4.78, 5) is 27.0. The lowest BCUT2D eigenvalue weighted by Crippen LogP contribution is -2.41. The Labute approximate surface area is 144 Å². The van der Waals surface area contributed by atoms with E-state index in [1.54, 1.807) is 17.0 Å². The van der Waals surface area contributed by atoms with Crippen molar-refractivity contribution in [2.24, 2.45) is 5.92 Å². The number of amides is 1. The molecule has 1 atom stereocenters. The Balaban J connectivity index is 1.61. The van der Waals surface area contributed by atoms with Gasteiger partial charge >= 0.3 is 0 Å². The lowest BCUT2D eigenvalue weighted by molar-refractivity contribution is -0.132. The van der Waals surface area contributed by atoms with Gasteiger partial charge in [-0.3, -0.25) is 9.59 Å². The predicted molar refractivity (Wildman–Crippen MR) is 89.7 cm³/mol. The lowest BCUT2D eigenvalue weighted by Gasteiger charge is -2.23. The topological polar surface area (TPSA) is 81.2 Å². The summed E-state index contributed by atoms with van der Waals surface area (Å²) in [7, 11) is 0. The second-order valence-electron chi connectivity index (χ2n) is 6.66. The number of nitrogens with zero attached hydrogens (tertiary/aromatic N) is 3.